The molecule has 0 saturated heterocycles. The van der Waals surface area contributed by atoms with Gasteiger partial charge in [-0.15, -0.1) is 11.3 Å². The van der Waals surface area contributed by atoms with Crippen LogP contribution in [0.4, 0.5) is 0 Å². The summed E-state index contributed by atoms with van der Waals surface area (Å²) in [5, 5.41) is 6.87. The molecule has 0 saturated carbocycles. The number of aryl methyl sites for hydroxylation is 1. The van der Waals surface area contributed by atoms with Gasteiger partial charge in [0.05, 0.1) is 15.6 Å². The molecule has 0 radical (unpaired) electrons. The first-order valence-electron chi connectivity index (χ1n) is 5.87. The van der Waals surface area contributed by atoms with E-state index in [-0.39, 0.29) is 0 Å². The van der Waals surface area contributed by atoms with Gasteiger partial charge in [0, 0.05) is 6.42 Å². The summed E-state index contributed by atoms with van der Waals surface area (Å²) in [6, 6.07) is 10.3. The minimum absolute atomic E-state index is 0.465. The molecule has 0 aliphatic heterocycles. The van der Waals surface area contributed by atoms with Gasteiger partial charge < -0.3 is 0 Å². The molecule has 2 heterocycles. The van der Waals surface area contributed by atoms with Crippen LogP contribution in [0.1, 0.15) is 16.3 Å². The Hall–Kier alpha value is -1.79. The highest BCUT2D eigenvalue weighted by Gasteiger charge is 2.12. The number of aromatic nitrogens is 4. The molecule has 0 aliphatic rings. The van der Waals surface area contributed by atoms with Crippen molar-refractivity contribution in [1.82, 2.24) is 20.2 Å². The number of rotatable bonds is 3. The molecule has 2 aromatic heterocycles. The fraction of sp³-hybridized carbons (Fsp3) is 0.154. The van der Waals surface area contributed by atoms with Crippen molar-refractivity contribution < 1.29 is 0 Å². The SMILES string of the molecule is Cc1nc(Cc2ccccc2)sc1-c1nc(=S)[nH][nH]1. The Morgan fingerprint density at radius 2 is 1.95 bits per heavy atom. The Bertz CT molecular complexity index is 739. The monoisotopic (exact) mass is 288 g/mol. The van der Waals surface area contributed by atoms with Crippen LogP contribution in [0.25, 0.3) is 10.7 Å². The van der Waals surface area contributed by atoms with Crippen LogP contribution in [0.15, 0.2) is 30.3 Å². The third-order valence-electron chi connectivity index (χ3n) is 2.76. The van der Waals surface area contributed by atoms with E-state index in [0.29, 0.717) is 4.77 Å². The number of aromatic amines is 2. The van der Waals surface area contributed by atoms with Crippen LogP contribution in [0.3, 0.4) is 0 Å². The Kier molecular flexibility index (Phi) is 3.27. The first-order valence-corrected chi connectivity index (χ1v) is 7.10. The molecule has 0 atom stereocenters. The topological polar surface area (TPSA) is 57.4 Å². The van der Waals surface area contributed by atoms with Gasteiger partial charge in [0.1, 0.15) is 0 Å². The molecule has 0 spiro atoms. The highest BCUT2D eigenvalue weighted by atomic mass is 32.1. The quantitative estimate of drug-likeness (QED) is 0.725. The smallest absolute Gasteiger partial charge is 0.213 e. The van der Waals surface area contributed by atoms with Crippen molar-refractivity contribution in [1.29, 1.82) is 0 Å². The van der Waals surface area contributed by atoms with Crippen LogP contribution in [-0.4, -0.2) is 20.2 Å². The molecule has 96 valence electrons. The predicted octanol–water partition coefficient (Wildman–Crippen LogP) is 3.49. The van der Waals surface area contributed by atoms with Gasteiger partial charge in [0.15, 0.2) is 5.82 Å². The molecule has 0 fully saturated rings. The Labute approximate surface area is 119 Å². The van der Waals surface area contributed by atoms with Crippen LogP contribution in [0.5, 0.6) is 0 Å². The third-order valence-corrected chi connectivity index (χ3v) is 4.11. The van der Waals surface area contributed by atoms with Gasteiger partial charge in [-0.25, -0.2) is 4.98 Å². The molecule has 3 aromatic rings. The van der Waals surface area contributed by atoms with E-state index < -0.39 is 0 Å². The highest BCUT2D eigenvalue weighted by molar-refractivity contribution is 7.71. The van der Waals surface area contributed by atoms with Gasteiger partial charge in [-0.2, -0.15) is 4.98 Å². The minimum atomic E-state index is 0.465. The lowest BCUT2D eigenvalue weighted by Gasteiger charge is -1.95. The van der Waals surface area contributed by atoms with Crippen molar-refractivity contribution in [3.05, 3.63) is 51.4 Å². The summed E-state index contributed by atoms with van der Waals surface area (Å²) in [4.78, 5) is 9.88. The number of hydrogen-bond donors (Lipinski definition) is 2. The molecule has 19 heavy (non-hydrogen) atoms. The summed E-state index contributed by atoms with van der Waals surface area (Å²) in [7, 11) is 0. The molecule has 0 bridgehead atoms. The van der Waals surface area contributed by atoms with Crippen molar-refractivity contribution in [3.63, 3.8) is 0 Å². The second-order valence-corrected chi connectivity index (χ2v) is 5.67. The second-order valence-electron chi connectivity index (χ2n) is 4.20. The van der Waals surface area contributed by atoms with E-state index in [1.54, 1.807) is 11.3 Å². The minimum Gasteiger partial charge on any atom is -0.281 e. The molecule has 0 amide bonds. The summed E-state index contributed by atoms with van der Waals surface area (Å²) in [6.45, 7) is 1.99. The van der Waals surface area contributed by atoms with Crippen LogP contribution in [-0.2, 0) is 6.42 Å². The van der Waals surface area contributed by atoms with E-state index in [0.717, 1.165) is 27.8 Å². The number of nitrogens with zero attached hydrogens (tertiary/aromatic N) is 2. The zero-order valence-corrected chi connectivity index (χ0v) is 11.9. The average molecular weight is 288 g/mol. The average Bonchev–Trinajstić information content (AvgIpc) is 2.97. The summed E-state index contributed by atoms with van der Waals surface area (Å²) in [6.07, 6.45) is 0.845. The van der Waals surface area contributed by atoms with E-state index >= 15 is 0 Å². The molecule has 3 rings (SSSR count). The molecule has 0 aliphatic carbocycles. The fourth-order valence-corrected chi connectivity index (χ4v) is 3.08. The Morgan fingerprint density at radius 3 is 2.63 bits per heavy atom. The van der Waals surface area contributed by atoms with E-state index in [1.807, 2.05) is 25.1 Å². The van der Waals surface area contributed by atoms with Crippen LogP contribution in [0, 0.1) is 11.7 Å². The number of thiazole rings is 1. The van der Waals surface area contributed by atoms with Crippen LogP contribution < -0.4 is 0 Å². The van der Waals surface area contributed by atoms with Crippen LogP contribution in [0.2, 0.25) is 0 Å². The molecule has 4 nitrogen and oxygen atoms in total. The van der Waals surface area contributed by atoms with Crippen molar-refractivity contribution in [2.24, 2.45) is 0 Å². The Morgan fingerprint density at radius 1 is 1.16 bits per heavy atom. The van der Waals surface area contributed by atoms with Crippen molar-refractivity contribution in [2.45, 2.75) is 13.3 Å². The first kappa shape index (κ1) is 12.3. The summed E-state index contributed by atoms with van der Waals surface area (Å²) in [5.74, 6) is 0.763. The first-order chi connectivity index (χ1) is 9.22. The Balaban J connectivity index is 1.91. The molecular formula is C13H12N4S2. The van der Waals surface area contributed by atoms with Gasteiger partial charge in [-0.1, -0.05) is 30.3 Å². The second kappa shape index (κ2) is 5.07. The molecule has 2 N–H and O–H groups in total. The normalized spacial score (nSPS) is 10.8. The molecule has 1 aromatic carbocycles. The molecule has 6 heteroatoms. The maximum Gasteiger partial charge on any atom is 0.213 e. The van der Waals surface area contributed by atoms with E-state index in [9.17, 15) is 0 Å². The largest absolute Gasteiger partial charge is 0.281 e. The maximum absolute atomic E-state index is 4.97. The van der Waals surface area contributed by atoms with Crippen molar-refractivity contribution >= 4 is 23.6 Å². The fourth-order valence-electron chi connectivity index (χ4n) is 1.90. The standard InChI is InChI=1S/C13H12N4S2/c1-8-11(12-15-13(18)17-16-12)19-10(14-8)7-9-5-3-2-4-6-9/h2-6H,7H2,1H3,(H2,15,16,17,18). The van der Waals surface area contributed by atoms with Gasteiger partial charge in [-0.3, -0.25) is 10.2 Å². The number of nitrogens with one attached hydrogen (secondary N) is 2. The van der Waals surface area contributed by atoms with Crippen molar-refractivity contribution in [2.75, 3.05) is 0 Å². The summed E-state index contributed by atoms with van der Waals surface area (Å²) < 4.78 is 0.465. The zero-order valence-electron chi connectivity index (χ0n) is 10.3. The lowest BCUT2D eigenvalue weighted by atomic mass is 10.2. The van der Waals surface area contributed by atoms with Gasteiger partial charge in [-0.05, 0) is 24.7 Å². The summed E-state index contributed by atoms with van der Waals surface area (Å²) in [5.41, 5.74) is 2.24. The van der Waals surface area contributed by atoms with Gasteiger partial charge in [0.2, 0.25) is 4.77 Å². The predicted molar refractivity (Wildman–Crippen MR) is 78.9 cm³/mol. The van der Waals surface area contributed by atoms with E-state index in [1.165, 1.54) is 5.56 Å². The number of H-pyrrole nitrogens is 2. The summed E-state index contributed by atoms with van der Waals surface area (Å²) >= 11 is 6.62. The highest BCUT2D eigenvalue weighted by Crippen LogP contribution is 2.28. The molecular weight excluding hydrogens is 276 g/mol. The third kappa shape index (κ3) is 2.64. The van der Waals surface area contributed by atoms with Gasteiger partial charge >= 0.3 is 0 Å². The van der Waals surface area contributed by atoms with E-state index in [2.05, 4.69) is 32.3 Å². The maximum atomic E-state index is 4.97. The van der Waals surface area contributed by atoms with Crippen molar-refractivity contribution in [3.8, 4) is 10.7 Å². The molecule has 0 unspecified atom stereocenters. The van der Waals surface area contributed by atoms with E-state index in [4.69, 9.17) is 12.2 Å². The lowest BCUT2D eigenvalue weighted by Crippen LogP contribution is -1.86. The zero-order chi connectivity index (χ0) is 13.2. The number of benzene rings is 1. The van der Waals surface area contributed by atoms with Gasteiger partial charge in [0.25, 0.3) is 0 Å². The lowest BCUT2D eigenvalue weighted by molar-refractivity contribution is 1.08. The number of hydrogen-bond acceptors (Lipinski definition) is 4. The van der Waals surface area contributed by atoms with Crippen LogP contribution >= 0.6 is 23.6 Å².